The van der Waals surface area contributed by atoms with Crippen molar-refractivity contribution in [3.8, 4) is 0 Å². The van der Waals surface area contributed by atoms with Crippen LogP contribution >= 0.6 is 11.8 Å². The zero-order valence-corrected chi connectivity index (χ0v) is 17.1. The molecule has 2 aromatic carbocycles. The molecule has 1 fully saturated rings. The predicted molar refractivity (Wildman–Crippen MR) is 111 cm³/mol. The first-order valence-electron chi connectivity index (χ1n) is 10.0. The number of carboxylic acids is 1. The minimum atomic E-state index is -0.655. The molecule has 28 heavy (non-hydrogen) atoms. The number of carbonyl (C=O) groups is 1. The molecule has 1 atom stereocenters. The quantitative estimate of drug-likeness (QED) is 0.802. The van der Waals surface area contributed by atoms with Gasteiger partial charge in [-0.05, 0) is 56.1 Å². The van der Waals surface area contributed by atoms with Crippen molar-refractivity contribution in [2.24, 2.45) is 5.92 Å². The van der Waals surface area contributed by atoms with Gasteiger partial charge in [-0.3, -0.25) is 4.79 Å². The van der Waals surface area contributed by atoms with Crippen LogP contribution in [-0.2, 0) is 16.0 Å². The molecule has 0 aromatic heterocycles. The van der Waals surface area contributed by atoms with Crippen LogP contribution in [0.4, 0.5) is 0 Å². The van der Waals surface area contributed by atoms with Gasteiger partial charge in [0, 0.05) is 22.8 Å². The zero-order valence-electron chi connectivity index (χ0n) is 16.3. The maximum atomic E-state index is 11.1. The molecule has 2 aliphatic heterocycles. The lowest BCUT2D eigenvalue weighted by atomic mass is 9.97. The third kappa shape index (κ3) is 4.43. The first-order chi connectivity index (χ1) is 13.6. The first-order valence-corrected chi connectivity index (χ1v) is 10.8. The Labute approximate surface area is 170 Å². The number of rotatable bonds is 5. The molecule has 1 unspecified atom stereocenters. The number of nitrogens with zero attached hydrogens (tertiary/aromatic N) is 1. The SMILES string of the molecule is Cc1ccc2c(c1)CC(OCCN1CCC(C(=O)O)CC1)c1ccccc1S2. The van der Waals surface area contributed by atoms with E-state index in [1.807, 2.05) is 11.8 Å². The summed E-state index contributed by atoms with van der Waals surface area (Å²) in [6, 6.07) is 15.2. The summed E-state index contributed by atoms with van der Waals surface area (Å²) in [6.07, 6.45) is 2.43. The molecule has 5 heteroatoms. The maximum Gasteiger partial charge on any atom is 0.306 e. The van der Waals surface area contributed by atoms with E-state index in [9.17, 15) is 4.79 Å². The molecule has 0 bridgehead atoms. The monoisotopic (exact) mass is 397 g/mol. The smallest absolute Gasteiger partial charge is 0.306 e. The van der Waals surface area contributed by atoms with E-state index in [0.717, 1.165) is 38.9 Å². The number of hydrogen-bond acceptors (Lipinski definition) is 4. The first kappa shape index (κ1) is 19.5. The van der Waals surface area contributed by atoms with Gasteiger partial charge in [0.25, 0.3) is 0 Å². The van der Waals surface area contributed by atoms with E-state index < -0.39 is 5.97 Å². The number of piperidine rings is 1. The van der Waals surface area contributed by atoms with Gasteiger partial charge in [-0.1, -0.05) is 47.7 Å². The predicted octanol–water partition coefficient (Wildman–Crippen LogP) is 4.56. The van der Waals surface area contributed by atoms with Crippen LogP contribution < -0.4 is 0 Å². The molecular weight excluding hydrogens is 370 g/mol. The van der Waals surface area contributed by atoms with Crippen LogP contribution in [-0.4, -0.2) is 42.2 Å². The van der Waals surface area contributed by atoms with Crippen molar-refractivity contribution >= 4 is 17.7 Å². The second-order valence-corrected chi connectivity index (χ2v) is 8.85. The molecule has 1 N–H and O–H groups in total. The number of aliphatic carboxylic acids is 1. The number of carboxylic acid groups (broad SMARTS) is 1. The van der Waals surface area contributed by atoms with Crippen molar-refractivity contribution in [1.82, 2.24) is 4.90 Å². The molecule has 0 aliphatic carbocycles. The molecule has 2 aromatic rings. The Kier molecular flexibility index (Phi) is 6.04. The topological polar surface area (TPSA) is 49.8 Å². The van der Waals surface area contributed by atoms with Crippen molar-refractivity contribution in [2.75, 3.05) is 26.2 Å². The molecule has 0 saturated carbocycles. The third-order valence-corrected chi connectivity index (χ3v) is 6.98. The van der Waals surface area contributed by atoms with Crippen LogP contribution in [0.3, 0.4) is 0 Å². The minimum Gasteiger partial charge on any atom is -0.481 e. The molecular formula is C23H27NO3S. The van der Waals surface area contributed by atoms with Crippen molar-refractivity contribution in [2.45, 2.75) is 42.1 Å². The van der Waals surface area contributed by atoms with Crippen LogP contribution in [0.25, 0.3) is 0 Å². The van der Waals surface area contributed by atoms with Gasteiger partial charge < -0.3 is 14.7 Å². The molecule has 1 saturated heterocycles. The van der Waals surface area contributed by atoms with Gasteiger partial charge >= 0.3 is 5.97 Å². The molecule has 0 amide bonds. The minimum absolute atomic E-state index is 0.0586. The third-order valence-electron chi connectivity index (χ3n) is 5.77. The molecule has 4 nitrogen and oxygen atoms in total. The number of benzene rings is 2. The zero-order chi connectivity index (χ0) is 19.5. The van der Waals surface area contributed by atoms with E-state index in [1.54, 1.807) is 0 Å². The summed E-state index contributed by atoms with van der Waals surface area (Å²) in [5, 5.41) is 9.14. The lowest BCUT2D eigenvalue weighted by Crippen LogP contribution is -2.38. The van der Waals surface area contributed by atoms with Crippen molar-refractivity contribution in [3.05, 3.63) is 59.2 Å². The average molecular weight is 398 g/mol. The highest BCUT2D eigenvalue weighted by atomic mass is 32.2. The number of fused-ring (bicyclic) bond motifs is 2. The van der Waals surface area contributed by atoms with Gasteiger partial charge in [-0.2, -0.15) is 0 Å². The van der Waals surface area contributed by atoms with Gasteiger partial charge in [-0.25, -0.2) is 0 Å². The summed E-state index contributed by atoms with van der Waals surface area (Å²) in [5.41, 5.74) is 3.91. The molecule has 0 radical (unpaired) electrons. The summed E-state index contributed by atoms with van der Waals surface area (Å²) >= 11 is 1.83. The Morgan fingerprint density at radius 2 is 1.96 bits per heavy atom. The fourth-order valence-corrected chi connectivity index (χ4v) is 5.22. The normalized spacial score (nSPS) is 20.2. The standard InChI is InChI=1S/C23H27NO3S/c1-16-6-7-21-18(14-16)15-20(19-4-2-3-5-22(19)28-21)27-13-12-24-10-8-17(9-11-24)23(25)26/h2-7,14,17,20H,8-13,15H2,1H3,(H,25,26). The summed E-state index contributed by atoms with van der Waals surface area (Å²) in [7, 11) is 0. The Morgan fingerprint density at radius 1 is 1.18 bits per heavy atom. The van der Waals surface area contributed by atoms with Gasteiger partial charge in [0.1, 0.15) is 0 Å². The van der Waals surface area contributed by atoms with Gasteiger partial charge in [0.05, 0.1) is 18.6 Å². The molecule has 4 rings (SSSR count). The van der Waals surface area contributed by atoms with Crippen molar-refractivity contribution < 1.29 is 14.6 Å². The number of ether oxygens (including phenoxy) is 1. The molecule has 148 valence electrons. The van der Waals surface area contributed by atoms with Crippen LogP contribution in [0.15, 0.2) is 52.3 Å². The fourth-order valence-electron chi connectivity index (χ4n) is 4.11. The van der Waals surface area contributed by atoms with Gasteiger partial charge in [0.15, 0.2) is 0 Å². The van der Waals surface area contributed by atoms with Crippen molar-refractivity contribution in [1.29, 1.82) is 0 Å². The Balaban J connectivity index is 1.41. The average Bonchev–Trinajstić information content (AvgIpc) is 2.85. The summed E-state index contributed by atoms with van der Waals surface area (Å²) in [6.45, 7) is 5.36. The van der Waals surface area contributed by atoms with E-state index in [-0.39, 0.29) is 12.0 Å². The van der Waals surface area contributed by atoms with Crippen LogP contribution in [0.2, 0.25) is 0 Å². The van der Waals surface area contributed by atoms with Crippen molar-refractivity contribution in [3.63, 3.8) is 0 Å². The van der Waals surface area contributed by atoms with Crippen LogP contribution in [0.1, 0.15) is 35.6 Å². The van der Waals surface area contributed by atoms with E-state index >= 15 is 0 Å². The number of aryl methyl sites for hydroxylation is 1. The molecule has 0 spiro atoms. The highest BCUT2D eigenvalue weighted by Gasteiger charge is 2.26. The second kappa shape index (κ2) is 8.68. The number of hydrogen-bond donors (Lipinski definition) is 1. The maximum absolute atomic E-state index is 11.1. The van der Waals surface area contributed by atoms with E-state index in [1.165, 1.54) is 26.5 Å². The largest absolute Gasteiger partial charge is 0.481 e. The Hall–Kier alpha value is -1.82. The van der Waals surface area contributed by atoms with Gasteiger partial charge in [-0.15, -0.1) is 0 Å². The summed E-state index contributed by atoms with van der Waals surface area (Å²) in [4.78, 5) is 16.0. The Bertz CT molecular complexity index is 845. The molecule has 2 heterocycles. The van der Waals surface area contributed by atoms with Crippen LogP contribution in [0.5, 0.6) is 0 Å². The van der Waals surface area contributed by atoms with Gasteiger partial charge in [0.2, 0.25) is 0 Å². The fraction of sp³-hybridized carbons (Fsp3) is 0.435. The summed E-state index contributed by atoms with van der Waals surface area (Å²) < 4.78 is 6.39. The second-order valence-electron chi connectivity index (χ2n) is 7.77. The lowest BCUT2D eigenvalue weighted by Gasteiger charge is -2.30. The van der Waals surface area contributed by atoms with E-state index in [2.05, 4.69) is 54.3 Å². The van der Waals surface area contributed by atoms with Crippen LogP contribution in [0, 0.1) is 12.8 Å². The van der Waals surface area contributed by atoms with E-state index in [4.69, 9.17) is 9.84 Å². The van der Waals surface area contributed by atoms with E-state index in [0.29, 0.717) is 6.61 Å². The Morgan fingerprint density at radius 3 is 2.75 bits per heavy atom. The number of likely N-dealkylation sites (tertiary alicyclic amines) is 1. The molecule has 2 aliphatic rings. The lowest BCUT2D eigenvalue weighted by molar-refractivity contribution is -0.143. The summed E-state index contributed by atoms with van der Waals surface area (Å²) in [5.74, 6) is -0.833. The highest BCUT2D eigenvalue weighted by Crippen LogP contribution is 2.42. The highest BCUT2D eigenvalue weighted by molar-refractivity contribution is 7.99.